The van der Waals surface area contributed by atoms with Gasteiger partial charge in [-0.1, -0.05) is 19.8 Å². The van der Waals surface area contributed by atoms with Crippen molar-refractivity contribution >= 4 is 23.6 Å². The second-order valence-electron chi connectivity index (χ2n) is 3.93. The van der Waals surface area contributed by atoms with Crippen molar-refractivity contribution in [1.82, 2.24) is 5.32 Å². The van der Waals surface area contributed by atoms with Crippen LogP contribution in [0.4, 0.5) is 0 Å². The molecule has 0 aliphatic rings. The van der Waals surface area contributed by atoms with Gasteiger partial charge in [0.1, 0.15) is 6.04 Å². The Balaban J connectivity index is 4.15. The molecule has 0 fully saturated rings. The van der Waals surface area contributed by atoms with Crippen molar-refractivity contribution in [2.24, 2.45) is 5.73 Å². The first-order chi connectivity index (χ1) is 8.02. The van der Waals surface area contributed by atoms with Crippen LogP contribution in [0.2, 0.25) is 0 Å². The van der Waals surface area contributed by atoms with Crippen LogP contribution in [0, 0.1) is 0 Å². The maximum absolute atomic E-state index is 11.6. The van der Waals surface area contributed by atoms with Crippen molar-refractivity contribution in [3.05, 3.63) is 0 Å². The number of nitrogens with one attached hydrogen (secondary N) is 1. The van der Waals surface area contributed by atoms with Crippen LogP contribution in [0.25, 0.3) is 0 Å². The Morgan fingerprint density at radius 2 is 2.06 bits per heavy atom. The third-order valence-corrected chi connectivity index (χ3v) is 3.07. The predicted octanol–water partition coefficient (Wildman–Crippen LogP) is 0.826. The highest BCUT2D eigenvalue weighted by Crippen LogP contribution is 2.03. The summed E-state index contributed by atoms with van der Waals surface area (Å²) < 4.78 is 0. The number of hydrogen-bond donors (Lipinski definition) is 3. The second kappa shape index (κ2) is 9.30. The van der Waals surface area contributed by atoms with E-state index in [1.807, 2.05) is 13.2 Å². The minimum absolute atomic E-state index is 0.369. The highest BCUT2D eigenvalue weighted by Gasteiger charge is 2.22. The smallest absolute Gasteiger partial charge is 0.326 e. The number of hydrogen-bond acceptors (Lipinski definition) is 4. The summed E-state index contributed by atoms with van der Waals surface area (Å²) in [7, 11) is 0. The number of carbonyl (C=O) groups excluding carboxylic acids is 1. The van der Waals surface area contributed by atoms with Gasteiger partial charge in [0.05, 0.1) is 6.04 Å². The van der Waals surface area contributed by atoms with Crippen molar-refractivity contribution in [3.8, 4) is 0 Å². The normalized spacial score (nSPS) is 14.1. The van der Waals surface area contributed by atoms with Gasteiger partial charge in [-0.05, 0) is 24.9 Å². The molecule has 0 radical (unpaired) electrons. The van der Waals surface area contributed by atoms with Gasteiger partial charge in [-0.2, -0.15) is 11.8 Å². The van der Waals surface area contributed by atoms with Gasteiger partial charge in [-0.3, -0.25) is 4.79 Å². The molecule has 0 heterocycles. The molecule has 6 heteroatoms. The Morgan fingerprint density at radius 3 is 2.53 bits per heavy atom. The molecule has 0 spiro atoms. The fourth-order valence-electron chi connectivity index (χ4n) is 1.33. The van der Waals surface area contributed by atoms with Crippen LogP contribution in [0.15, 0.2) is 0 Å². The van der Waals surface area contributed by atoms with Crippen molar-refractivity contribution in [1.29, 1.82) is 0 Å². The molecule has 17 heavy (non-hydrogen) atoms. The lowest BCUT2D eigenvalue weighted by Crippen LogP contribution is -2.48. The zero-order valence-corrected chi connectivity index (χ0v) is 11.3. The third kappa shape index (κ3) is 7.23. The van der Waals surface area contributed by atoms with E-state index in [0.29, 0.717) is 18.6 Å². The van der Waals surface area contributed by atoms with Crippen molar-refractivity contribution in [3.63, 3.8) is 0 Å². The molecule has 0 rings (SSSR count). The molecule has 0 aliphatic carbocycles. The first kappa shape index (κ1) is 16.2. The molecule has 0 aromatic rings. The first-order valence-corrected chi connectivity index (χ1v) is 7.20. The molecular weight excluding hydrogens is 240 g/mol. The van der Waals surface area contributed by atoms with Crippen LogP contribution >= 0.6 is 11.8 Å². The number of carboxylic acid groups (broad SMARTS) is 1. The largest absolute Gasteiger partial charge is 0.480 e. The topological polar surface area (TPSA) is 92.4 Å². The Kier molecular flexibility index (Phi) is 8.89. The van der Waals surface area contributed by atoms with Gasteiger partial charge < -0.3 is 16.2 Å². The predicted molar refractivity (Wildman–Crippen MR) is 70.1 cm³/mol. The monoisotopic (exact) mass is 262 g/mol. The van der Waals surface area contributed by atoms with E-state index in [9.17, 15) is 9.59 Å². The van der Waals surface area contributed by atoms with Gasteiger partial charge in [0.15, 0.2) is 0 Å². The average molecular weight is 262 g/mol. The molecule has 0 aliphatic heterocycles. The Hall–Kier alpha value is -0.750. The lowest BCUT2D eigenvalue weighted by Gasteiger charge is -2.17. The Labute approximate surface area is 107 Å². The molecule has 100 valence electrons. The van der Waals surface area contributed by atoms with Crippen LogP contribution in [0.5, 0.6) is 0 Å². The molecule has 0 aromatic carbocycles. The number of rotatable bonds is 9. The number of unbranched alkanes of at least 4 members (excludes halogenated alkanes) is 1. The van der Waals surface area contributed by atoms with Crippen LogP contribution in [-0.4, -0.2) is 41.1 Å². The lowest BCUT2D eigenvalue weighted by atomic mass is 10.1. The van der Waals surface area contributed by atoms with Crippen LogP contribution in [0.3, 0.4) is 0 Å². The number of amides is 1. The van der Waals surface area contributed by atoms with Gasteiger partial charge in [0, 0.05) is 0 Å². The van der Waals surface area contributed by atoms with Crippen molar-refractivity contribution in [2.45, 2.75) is 44.7 Å². The van der Waals surface area contributed by atoms with E-state index in [2.05, 4.69) is 5.32 Å². The van der Waals surface area contributed by atoms with Crippen LogP contribution in [0.1, 0.15) is 32.6 Å². The molecule has 0 aromatic heterocycles. The SMILES string of the molecule is CCCCC(N)C(=O)N[C@@H](CCSC)C(=O)O. The zero-order valence-electron chi connectivity index (χ0n) is 10.4. The number of carboxylic acids is 1. The number of thioether (sulfide) groups is 1. The maximum atomic E-state index is 11.6. The quantitative estimate of drug-likeness (QED) is 0.572. The minimum Gasteiger partial charge on any atom is -0.480 e. The van der Waals surface area contributed by atoms with E-state index in [-0.39, 0.29) is 5.91 Å². The highest BCUT2D eigenvalue weighted by atomic mass is 32.2. The fraction of sp³-hybridized carbons (Fsp3) is 0.818. The maximum Gasteiger partial charge on any atom is 0.326 e. The molecule has 0 saturated heterocycles. The fourth-order valence-corrected chi connectivity index (χ4v) is 1.80. The van der Waals surface area contributed by atoms with E-state index in [1.165, 1.54) is 0 Å². The van der Waals surface area contributed by atoms with Crippen molar-refractivity contribution in [2.75, 3.05) is 12.0 Å². The molecule has 2 atom stereocenters. The Morgan fingerprint density at radius 1 is 1.41 bits per heavy atom. The number of aliphatic carboxylic acids is 1. The summed E-state index contributed by atoms with van der Waals surface area (Å²) in [5.74, 6) is -0.677. The summed E-state index contributed by atoms with van der Waals surface area (Å²) in [6.45, 7) is 2.02. The zero-order chi connectivity index (χ0) is 13.3. The number of nitrogens with two attached hydrogens (primary N) is 1. The summed E-state index contributed by atoms with van der Waals surface area (Å²) in [6.07, 6.45) is 4.75. The van der Waals surface area contributed by atoms with Crippen molar-refractivity contribution < 1.29 is 14.7 Å². The van der Waals surface area contributed by atoms with Crippen LogP contribution in [-0.2, 0) is 9.59 Å². The van der Waals surface area contributed by atoms with Gasteiger partial charge in [-0.15, -0.1) is 0 Å². The second-order valence-corrected chi connectivity index (χ2v) is 4.92. The average Bonchev–Trinajstić information content (AvgIpc) is 2.30. The van der Waals surface area contributed by atoms with Gasteiger partial charge >= 0.3 is 5.97 Å². The van der Waals surface area contributed by atoms with E-state index in [0.717, 1.165) is 12.8 Å². The lowest BCUT2D eigenvalue weighted by molar-refractivity contribution is -0.142. The van der Waals surface area contributed by atoms with Gasteiger partial charge in [0.25, 0.3) is 0 Å². The molecule has 0 bridgehead atoms. The number of carbonyl (C=O) groups is 2. The molecule has 1 amide bonds. The van der Waals surface area contributed by atoms with Gasteiger partial charge in [-0.25, -0.2) is 4.79 Å². The summed E-state index contributed by atoms with van der Waals surface area (Å²) in [4.78, 5) is 22.5. The van der Waals surface area contributed by atoms with E-state index < -0.39 is 18.1 Å². The molecule has 0 saturated carbocycles. The highest BCUT2D eigenvalue weighted by molar-refractivity contribution is 7.98. The third-order valence-electron chi connectivity index (χ3n) is 2.43. The standard InChI is InChI=1S/C11H22N2O3S/c1-3-4-5-8(12)10(14)13-9(11(15)16)6-7-17-2/h8-9H,3-7,12H2,1-2H3,(H,13,14)(H,15,16)/t8?,9-/m0/s1. The summed E-state index contributed by atoms with van der Waals surface area (Å²) >= 11 is 1.55. The molecular formula is C11H22N2O3S. The van der Waals surface area contributed by atoms with Gasteiger partial charge in [0.2, 0.25) is 5.91 Å². The summed E-state index contributed by atoms with van der Waals surface area (Å²) in [6, 6.07) is -1.44. The van der Waals surface area contributed by atoms with E-state index >= 15 is 0 Å². The van der Waals surface area contributed by atoms with Crippen LogP contribution < -0.4 is 11.1 Å². The van der Waals surface area contributed by atoms with E-state index in [1.54, 1.807) is 11.8 Å². The Bertz CT molecular complexity index is 249. The molecule has 1 unspecified atom stereocenters. The summed E-state index contributed by atoms with van der Waals surface area (Å²) in [5, 5.41) is 11.4. The first-order valence-electron chi connectivity index (χ1n) is 5.80. The molecule has 4 N–H and O–H groups in total. The van der Waals surface area contributed by atoms with E-state index in [4.69, 9.17) is 10.8 Å². The minimum atomic E-state index is -1.00. The summed E-state index contributed by atoms with van der Waals surface area (Å²) in [5.41, 5.74) is 5.67. The molecule has 5 nitrogen and oxygen atoms in total.